The lowest BCUT2D eigenvalue weighted by atomic mass is 10.2. The first-order chi connectivity index (χ1) is 11.9. The van der Waals surface area contributed by atoms with Crippen molar-refractivity contribution in [3.63, 3.8) is 0 Å². The van der Waals surface area contributed by atoms with Crippen LogP contribution in [0.5, 0.6) is 5.75 Å². The summed E-state index contributed by atoms with van der Waals surface area (Å²) in [4.78, 5) is 6.41. The van der Waals surface area contributed by atoms with Gasteiger partial charge in [0.05, 0.1) is 6.04 Å². The van der Waals surface area contributed by atoms with Crippen LogP contribution in [0.25, 0.3) is 12.2 Å². The number of alkyl halides is 3. The molecule has 0 spiro atoms. The fraction of sp³-hybridized carbons (Fsp3) is 0.375. The van der Waals surface area contributed by atoms with E-state index in [-0.39, 0.29) is 35.7 Å². The Bertz CT molecular complexity index is 751. The summed E-state index contributed by atoms with van der Waals surface area (Å²) in [6.07, 6.45) is -1.84. The summed E-state index contributed by atoms with van der Waals surface area (Å²) in [5.74, 6) is 0.465. The average Bonchev–Trinajstić information content (AvgIpc) is 3.02. The van der Waals surface area contributed by atoms with E-state index >= 15 is 0 Å². The second kappa shape index (κ2) is 8.52. The number of ether oxygens (including phenoxy) is 1. The molecule has 1 aliphatic rings. The van der Waals surface area contributed by atoms with Crippen molar-refractivity contribution in [2.45, 2.75) is 12.4 Å². The molecule has 1 fully saturated rings. The normalized spacial score (nSPS) is 18.7. The molecule has 0 radical (unpaired) electrons. The first kappa shape index (κ1) is 20.2. The molecule has 26 heavy (non-hydrogen) atoms. The third kappa shape index (κ3) is 5.20. The quantitative estimate of drug-likeness (QED) is 0.865. The van der Waals surface area contributed by atoms with Crippen LogP contribution in [-0.2, 0) is 0 Å². The van der Waals surface area contributed by atoms with Crippen LogP contribution in [0.1, 0.15) is 23.3 Å². The zero-order chi connectivity index (χ0) is 17.9. The SMILES string of the molecule is CN1CCNCC1c1noc(/C=C/c2ccccc2OC(F)(F)F)n1.Cl. The lowest BCUT2D eigenvalue weighted by Crippen LogP contribution is -2.44. The van der Waals surface area contributed by atoms with E-state index in [1.807, 2.05) is 7.05 Å². The number of halogens is 4. The minimum absolute atomic E-state index is 0. The fourth-order valence-electron chi connectivity index (χ4n) is 2.54. The topological polar surface area (TPSA) is 63.4 Å². The Morgan fingerprint density at radius 2 is 2.08 bits per heavy atom. The van der Waals surface area contributed by atoms with Gasteiger partial charge in [0.1, 0.15) is 5.75 Å². The van der Waals surface area contributed by atoms with Gasteiger partial charge in [-0.3, -0.25) is 4.90 Å². The average molecular weight is 391 g/mol. The zero-order valence-corrected chi connectivity index (χ0v) is 14.7. The molecule has 1 atom stereocenters. The van der Waals surface area contributed by atoms with Crippen molar-refractivity contribution in [3.8, 4) is 5.75 Å². The summed E-state index contributed by atoms with van der Waals surface area (Å²) < 4.78 is 46.5. The van der Waals surface area contributed by atoms with Gasteiger partial charge >= 0.3 is 6.36 Å². The highest BCUT2D eigenvalue weighted by atomic mass is 35.5. The summed E-state index contributed by atoms with van der Waals surface area (Å²) in [5.41, 5.74) is 0.260. The Kier molecular flexibility index (Phi) is 6.63. The molecule has 1 aromatic carbocycles. The summed E-state index contributed by atoms with van der Waals surface area (Å²) in [7, 11) is 1.97. The molecule has 10 heteroatoms. The molecular formula is C16H18ClF3N4O2. The van der Waals surface area contributed by atoms with Gasteiger partial charge in [0, 0.05) is 31.3 Å². The number of piperazine rings is 1. The Hall–Kier alpha value is -2.10. The maximum absolute atomic E-state index is 12.4. The lowest BCUT2D eigenvalue weighted by molar-refractivity contribution is -0.274. The molecule has 3 rings (SSSR count). The van der Waals surface area contributed by atoms with Crippen LogP contribution in [0.3, 0.4) is 0 Å². The fourth-order valence-corrected chi connectivity index (χ4v) is 2.54. The Balaban J connectivity index is 0.00000243. The van der Waals surface area contributed by atoms with Crippen LogP contribution < -0.4 is 10.1 Å². The van der Waals surface area contributed by atoms with Gasteiger partial charge in [0.2, 0.25) is 0 Å². The van der Waals surface area contributed by atoms with Gasteiger partial charge in [-0.2, -0.15) is 4.98 Å². The predicted molar refractivity (Wildman–Crippen MR) is 91.8 cm³/mol. The summed E-state index contributed by atoms with van der Waals surface area (Å²) in [6.45, 7) is 2.47. The third-order valence-corrected chi connectivity index (χ3v) is 3.82. The number of likely N-dealkylation sites (N-methyl/N-ethyl adjacent to an activating group) is 1. The highest BCUT2D eigenvalue weighted by Crippen LogP contribution is 2.27. The third-order valence-electron chi connectivity index (χ3n) is 3.82. The van der Waals surface area contributed by atoms with Crippen molar-refractivity contribution in [1.82, 2.24) is 20.4 Å². The zero-order valence-electron chi connectivity index (χ0n) is 13.9. The Labute approximate surface area is 154 Å². The predicted octanol–water partition coefficient (Wildman–Crippen LogP) is 3.14. The minimum Gasteiger partial charge on any atom is -0.405 e. The second-order valence-corrected chi connectivity index (χ2v) is 5.61. The van der Waals surface area contributed by atoms with Crippen LogP contribution in [-0.4, -0.2) is 48.1 Å². The van der Waals surface area contributed by atoms with E-state index in [9.17, 15) is 13.2 Å². The molecule has 6 nitrogen and oxygen atoms in total. The molecule has 2 heterocycles. The number of nitrogens with one attached hydrogen (secondary N) is 1. The van der Waals surface area contributed by atoms with Crippen LogP contribution in [0, 0.1) is 0 Å². The molecule has 1 saturated heterocycles. The molecular weight excluding hydrogens is 373 g/mol. The molecule has 0 bridgehead atoms. The standard InChI is InChI=1S/C16H17F3N4O2.ClH/c1-23-9-8-20-10-12(23)15-21-14(25-22-15)7-6-11-4-2-3-5-13(11)24-16(17,18)19;/h2-7,12,20H,8-10H2,1H3;1H/b7-6+;. The van der Waals surface area contributed by atoms with E-state index < -0.39 is 6.36 Å². The number of para-hydroxylation sites is 1. The molecule has 142 valence electrons. The van der Waals surface area contributed by atoms with Gasteiger partial charge in [0.15, 0.2) is 5.82 Å². The monoisotopic (exact) mass is 390 g/mol. The second-order valence-electron chi connectivity index (χ2n) is 5.61. The van der Waals surface area contributed by atoms with Crippen molar-refractivity contribution in [2.24, 2.45) is 0 Å². The number of hydrogen-bond acceptors (Lipinski definition) is 6. The van der Waals surface area contributed by atoms with E-state index in [4.69, 9.17) is 4.52 Å². The van der Waals surface area contributed by atoms with Gasteiger partial charge < -0.3 is 14.6 Å². The molecule has 1 unspecified atom stereocenters. The lowest BCUT2D eigenvalue weighted by Gasteiger charge is -2.30. The number of hydrogen-bond donors (Lipinski definition) is 1. The molecule has 1 aromatic heterocycles. The van der Waals surface area contributed by atoms with Gasteiger partial charge in [-0.15, -0.1) is 25.6 Å². The van der Waals surface area contributed by atoms with Gasteiger partial charge in [-0.1, -0.05) is 23.4 Å². The first-order valence-electron chi connectivity index (χ1n) is 7.70. The number of aromatic nitrogens is 2. The molecule has 0 aliphatic carbocycles. The molecule has 1 aliphatic heterocycles. The smallest absolute Gasteiger partial charge is 0.405 e. The van der Waals surface area contributed by atoms with E-state index in [0.717, 1.165) is 13.1 Å². The summed E-state index contributed by atoms with van der Waals surface area (Å²) in [6, 6.07) is 5.84. The Morgan fingerprint density at radius 1 is 1.31 bits per heavy atom. The van der Waals surface area contributed by atoms with Gasteiger partial charge in [-0.05, 0) is 19.2 Å². The van der Waals surface area contributed by atoms with Crippen molar-refractivity contribution in [1.29, 1.82) is 0 Å². The summed E-state index contributed by atoms with van der Waals surface area (Å²) in [5, 5.41) is 7.21. The van der Waals surface area contributed by atoms with Crippen LogP contribution >= 0.6 is 12.4 Å². The van der Waals surface area contributed by atoms with Crippen molar-refractivity contribution < 1.29 is 22.4 Å². The van der Waals surface area contributed by atoms with Crippen molar-refractivity contribution in [3.05, 3.63) is 41.5 Å². The van der Waals surface area contributed by atoms with E-state index in [0.29, 0.717) is 12.4 Å². The molecule has 0 amide bonds. The van der Waals surface area contributed by atoms with Gasteiger partial charge in [-0.25, -0.2) is 0 Å². The Morgan fingerprint density at radius 3 is 2.81 bits per heavy atom. The van der Waals surface area contributed by atoms with Crippen LogP contribution in [0.4, 0.5) is 13.2 Å². The van der Waals surface area contributed by atoms with E-state index in [2.05, 4.69) is 25.1 Å². The minimum atomic E-state index is -4.75. The maximum atomic E-state index is 12.4. The number of nitrogens with zero attached hydrogens (tertiary/aromatic N) is 3. The number of benzene rings is 1. The highest BCUT2D eigenvalue weighted by molar-refractivity contribution is 5.85. The highest BCUT2D eigenvalue weighted by Gasteiger charge is 2.31. The van der Waals surface area contributed by atoms with Crippen molar-refractivity contribution in [2.75, 3.05) is 26.7 Å². The maximum Gasteiger partial charge on any atom is 0.573 e. The van der Waals surface area contributed by atoms with E-state index in [1.54, 1.807) is 6.07 Å². The molecule has 0 saturated carbocycles. The van der Waals surface area contributed by atoms with E-state index in [1.165, 1.54) is 30.4 Å². The molecule has 1 N–H and O–H groups in total. The first-order valence-corrected chi connectivity index (χ1v) is 7.70. The van der Waals surface area contributed by atoms with Crippen LogP contribution in [0.15, 0.2) is 28.8 Å². The largest absolute Gasteiger partial charge is 0.573 e. The molecule has 2 aromatic rings. The van der Waals surface area contributed by atoms with Crippen LogP contribution in [0.2, 0.25) is 0 Å². The number of rotatable bonds is 4. The van der Waals surface area contributed by atoms with Crippen molar-refractivity contribution >= 4 is 24.6 Å². The summed E-state index contributed by atoms with van der Waals surface area (Å²) >= 11 is 0. The van der Waals surface area contributed by atoms with Gasteiger partial charge in [0.25, 0.3) is 5.89 Å².